The number of halogens is 1. The number of aromatic amines is 1. The average Bonchev–Trinajstić information content (AvgIpc) is 3.54. The third-order valence-electron chi connectivity index (χ3n) is 6.79. The van der Waals surface area contributed by atoms with Crippen LogP contribution in [-0.4, -0.2) is 60.7 Å². The van der Waals surface area contributed by atoms with Crippen molar-refractivity contribution in [2.24, 2.45) is 5.92 Å². The van der Waals surface area contributed by atoms with Gasteiger partial charge in [-0.3, -0.25) is 0 Å². The fraction of sp³-hybridized carbons (Fsp3) is 0.542. The molecule has 5 rings (SSSR count). The Morgan fingerprint density at radius 1 is 1.16 bits per heavy atom. The van der Waals surface area contributed by atoms with Crippen LogP contribution in [-0.2, 0) is 0 Å². The summed E-state index contributed by atoms with van der Waals surface area (Å²) in [6, 6.07) is 3.26. The maximum absolute atomic E-state index is 13.9. The van der Waals surface area contributed by atoms with E-state index in [9.17, 15) is 4.39 Å². The van der Waals surface area contributed by atoms with Crippen molar-refractivity contribution in [2.45, 2.75) is 56.6 Å². The van der Waals surface area contributed by atoms with Gasteiger partial charge in [0.1, 0.15) is 0 Å². The molecule has 3 heterocycles. The molecule has 1 aromatic carbocycles. The number of hydrogen-bond acceptors (Lipinski definition) is 4. The Bertz CT molecular complexity index is 1070. The van der Waals surface area contributed by atoms with Crippen molar-refractivity contribution in [2.75, 3.05) is 20.1 Å². The van der Waals surface area contributed by atoms with E-state index in [1.165, 1.54) is 62.9 Å². The number of imidazole rings is 1. The van der Waals surface area contributed by atoms with E-state index in [4.69, 9.17) is 15.0 Å². The van der Waals surface area contributed by atoms with Gasteiger partial charge in [0.05, 0.1) is 0 Å². The second kappa shape index (κ2) is 8.99. The number of rotatable bonds is 7. The zero-order valence-electron chi connectivity index (χ0n) is 18.4. The SMILES string of the molecule is Cc1c(F)ccc2[nH]c(-c3cnc([AsH]CCCC4CCN(C)CC4)nc3C3CC3)nc12. The van der Waals surface area contributed by atoms with Crippen molar-refractivity contribution >= 4 is 31.4 Å². The summed E-state index contributed by atoms with van der Waals surface area (Å²) in [7, 11) is 2.23. The topological polar surface area (TPSA) is 57.7 Å². The van der Waals surface area contributed by atoms with Gasteiger partial charge in [-0.2, -0.15) is 0 Å². The van der Waals surface area contributed by atoms with Gasteiger partial charge in [-0.25, -0.2) is 0 Å². The van der Waals surface area contributed by atoms with Crippen molar-refractivity contribution in [3.05, 3.63) is 35.4 Å². The van der Waals surface area contributed by atoms with Crippen LogP contribution < -0.4 is 4.61 Å². The first-order valence-electron chi connectivity index (χ1n) is 11.5. The predicted octanol–water partition coefficient (Wildman–Crippen LogP) is 3.95. The number of fused-ring (bicyclic) bond motifs is 1. The molecule has 0 spiro atoms. The summed E-state index contributed by atoms with van der Waals surface area (Å²) < 4.78 is 15.0. The molecule has 164 valence electrons. The summed E-state index contributed by atoms with van der Waals surface area (Å²) in [6.07, 6.45) is 9.72. The molecule has 1 aliphatic heterocycles. The van der Waals surface area contributed by atoms with E-state index in [0.29, 0.717) is 17.0 Å². The minimum absolute atomic E-state index is 0.217. The zero-order valence-corrected chi connectivity index (χ0v) is 20.5. The number of nitrogens with one attached hydrogen (secondary N) is 1. The van der Waals surface area contributed by atoms with Crippen LogP contribution in [0.4, 0.5) is 4.39 Å². The molecule has 3 aromatic rings. The monoisotopic (exact) mass is 483 g/mol. The summed E-state index contributed by atoms with van der Waals surface area (Å²) in [4.78, 5) is 20.3. The number of hydrogen-bond donors (Lipinski definition) is 1. The molecule has 2 aromatic heterocycles. The summed E-state index contributed by atoms with van der Waals surface area (Å²) in [5.41, 5.74) is 4.27. The third kappa shape index (κ3) is 4.70. The fourth-order valence-corrected chi connectivity index (χ4v) is 6.60. The number of piperidine rings is 1. The molecule has 1 unspecified atom stereocenters. The van der Waals surface area contributed by atoms with Gasteiger partial charge in [-0.1, -0.05) is 0 Å². The normalized spacial score (nSPS) is 18.5. The van der Waals surface area contributed by atoms with Crippen LogP contribution in [0.3, 0.4) is 0 Å². The van der Waals surface area contributed by atoms with Crippen molar-refractivity contribution in [1.29, 1.82) is 0 Å². The molecule has 1 saturated heterocycles. The Morgan fingerprint density at radius 2 is 1.97 bits per heavy atom. The number of aryl methyl sites for hydroxylation is 1. The van der Waals surface area contributed by atoms with Gasteiger partial charge in [0.2, 0.25) is 0 Å². The van der Waals surface area contributed by atoms with E-state index >= 15 is 0 Å². The van der Waals surface area contributed by atoms with Crippen LogP contribution in [0.15, 0.2) is 18.3 Å². The fourth-order valence-electron chi connectivity index (χ4n) is 4.59. The number of likely N-dealkylation sites (tertiary alicyclic amines) is 1. The van der Waals surface area contributed by atoms with E-state index in [-0.39, 0.29) is 21.6 Å². The summed E-state index contributed by atoms with van der Waals surface area (Å²) in [6.45, 7) is 4.29. The molecule has 2 aliphatic rings. The molecule has 0 radical (unpaired) electrons. The number of benzene rings is 1. The summed E-state index contributed by atoms with van der Waals surface area (Å²) in [5, 5.41) is 1.28. The molecular formula is C24H31AsFN5. The second-order valence-corrected chi connectivity index (χ2v) is 12.0. The number of H-pyrrole nitrogens is 1. The zero-order chi connectivity index (χ0) is 21.4. The molecule has 0 bridgehead atoms. The van der Waals surface area contributed by atoms with E-state index in [1.54, 1.807) is 13.0 Å². The Labute approximate surface area is 190 Å². The minimum atomic E-state index is -0.300. The van der Waals surface area contributed by atoms with E-state index in [1.807, 2.05) is 6.20 Å². The predicted molar refractivity (Wildman–Crippen MR) is 125 cm³/mol. The van der Waals surface area contributed by atoms with Crippen molar-refractivity contribution < 1.29 is 4.39 Å². The van der Waals surface area contributed by atoms with Gasteiger partial charge in [-0.05, 0) is 0 Å². The van der Waals surface area contributed by atoms with Crippen LogP contribution in [0.1, 0.15) is 55.7 Å². The Hall–Kier alpha value is -1.78. The quantitative estimate of drug-likeness (QED) is 0.409. The molecule has 7 heteroatoms. The first-order chi connectivity index (χ1) is 15.1. The van der Waals surface area contributed by atoms with Gasteiger partial charge < -0.3 is 0 Å². The summed E-state index contributed by atoms with van der Waals surface area (Å²) >= 11 is -0.300. The molecule has 1 N–H and O–H groups in total. The van der Waals surface area contributed by atoms with Gasteiger partial charge >= 0.3 is 190 Å². The molecular weight excluding hydrogens is 452 g/mol. The van der Waals surface area contributed by atoms with Crippen molar-refractivity contribution in [3.8, 4) is 11.4 Å². The van der Waals surface area contributed by atoms with Gasteiger partial charge in [-0.15, -0.1) is 0 Å². The first kappa shape index (κ1) is 21.1. The van der Waals surface area contributed by atoms with Crippen LogP contribution >= 0.6 is 0 Å². The van der Waals surface area contributed by atoms with E-state index in [2.05, 4.69) is 16.9 Å². The van der Waals surface area contributed by atoms with Crippen molar-refractivity contribution in [3.63, 3.8) is 0 Å². The second-order valence-electron chi connectivity index (χ2n) is 9.24. The molecule has 0 amide bonds. The standard InChI is InChI=1S/C24H31AsFN5/c1-15-19(26)7-8-20-21(15)29-23(28-20)18-14-27-24(30-22(18)17-5-6-17)25-11-3-4-16-9-12-31(2)13-10-16/h7-8,14,16-17,25H,3-6,9-13H2,1-2H3,(H,28,29). The third-order valence-corrected chi connectivity index (χ3v) is 9.22. The van der Waals surface area contributed by atoms with Gasteiger partial charge in [0, 0.05) is 0 Å². The number of aromatic nitrogens is 4. The van der Waals surface area contributed by atoms with E-state index < -0.39 is 0 Å². The maximum atomic E-state index is 13.9. The molecule has 1 atom stereocenters. The van der Waals surface area contributed by atoms with Crippen LogP contribution in [0.25, 0.3) is 22.4 Å². The van der Waals surface area contributed by atoms with Gasteiger partial charge in [0.15, 0.2) is 0 Å². The Balaban J connectivity index is 1.28. The molecule has 1 saturated carbocycles. The molecule has 31 heavy (non-hydrogen) atoms. The molecule has 2 fully saturated rings. The Kier molecular flexibility index (Phi) is 6.12. The Morgan fingerprint density at radius 3 is 2.74 bits per heavy atom. The van der Waals surface area contributed by atoms with Crippen LogP contribution in [0.5, 0.6) is 0 Å². The van der Waals surface area contributed by atoms with Crippen LogP contribution in [0, 0.1) is 18.7 Å². The average molecular weight is 483 g/mol. The number of nitrogens with zero attached hydrogens (tertiary/aromatic N) is 4. The molecule has 1 aliphatic carbocycles. The van der Waals surface area contributed by atoms with Crippen LogP contribution in [0.2, 0.25) is 5.21 Å². The van der Waals surface area contributed by atoms with E-state index in [0.717, 1.165) is 33.1 Å². The summed E-state index contributed by atoms with van der Waals surface area (Å²) in [5.74, 6) is 1.98. The van der Waals surface area contributed by atoms with Gasteiger partial charge in [0.25, 0.3) is 0 Å². The molecule has 5 nitrogen and oxygen atoms in total. The first-order valence-corrected chi connectivity index (χ1v) is 14.1. The van der Waals surface area contributed by atoms with Crippen molar-refractivity contribution in [1.82, 2.24) is 24.8 Å².